The van der Waals surface area contributed by atoms with Gasteiger partial charge < -0.3 is 20.1 Å². The lowest BCUT2D eigenvalue weighted by atomic mass is 9.69. The fourth-order valence-electron chi connectivity index (χ4n) is 6.22. The second kappa shape index (κ2) is 12.0. The zero-order valence-corrected chi connectivity index (χ0v) is 22.7. The normalized spacial score (nSPS) is 24.6. The summed E-state index contributed by atoms with van der Waals surface area (Å²) in [6, 6.07) is 15.4. The van der Waals surface area contributed by atoms with Crippen LogP contribution in [0.15, 0.2) is 66.7 Å². The van der Waals surface area contributed by atoms with Crippen LogP contribution in [0.5, 0.6) is 0 Å². The van der Waals surface area contributed by atoms with Crippen molar-refractivity contribution in [3.05, 3.63) is 72.3 Å². The number of amides is 2. The van der Waals surface area contributed by atoms with Gasteiger partial charge in [0.05, 0.1) is 36.6 Å². The van der Waals surface area contributed by atoms with E-state index in [-0.39, 0.29) is 37.6 Å². The van der Waals surface area contributed by atoms with E-state index in [1.807, 2.05) is 73.7 Å². The summed E-state index contributed by atoms with van der Waals surface area (Å²) in [6.45, 7) is 3.64. The van der Waals surface area contributed by atoms with E-state index in [4.69, 9.17) is 4.74 Å². The van der Waals surface area contributed by atoms with Gasteiger partial charge in [0.1, 0.15) is 18.2 Å². The fraction of sp³-hybridized carbons (Fsp3) is 0.433. The molecule has 0 saturated carbocycles. The van der Waals surface area contributed by atoms with Crippen LogP contribution in [0.3, 0.4) is 0 Å². The molecule has 5 rings (SSSR count). The number of allylic oxidation sites excluding steroid dienone is 1. The summed E-state index contributed by atoms with van der Waals surface area (Å²) >= 11 is 0. The monoisotopic (exact) mass is 545 g/mol. The number of benzene rings is 2. The summed E-state index contributed by atoms with van der Waals surface area (Å²) in [4.78, 5) is 42.8. The number of nitrogens with one attached hydrogen (secondary N) is 1. The molecule has 1 aliphatic heterocycles. The largest absolute Gasteiger partial charge is 0.466 e. The Morgan fingerprint density at radius 2 is 1.82 bits per heavy atom. The molecular formula is C30H35N5O5. The number of carbonyl (C=O) groups excluding carboxylic acids is 3. The van der Waals surface area contributed by atoms with E-state index in [9.17, 15) is 19.5 Å². The second-order valence-electron chi connectivity index (χ2n) is 10.3. The van der Waals surface area contributed by atoms with E-state index in [0.29, 0.717) is 18.4 Å². The first-order chi connectivity index (χ1) is 19.5. The van der Waals surface area contributed by atoms with E-state index in [2.05, 4.69) is 15.6 Å². The SMILES string of the molecule is CCOC(=O)[C@H]1[C@H]2C(=O)N([C@@H](CO)Cc3ccccc3)[C@H](C(=O)NCn3nnc4ccccc43)[C@H]2C=C[C@H]1CC. The number of likely N-dealkylation sites (tertiary alicyclic amines) is 1. The molecule has 3 aromatic rings. The number of rotatable bonds is 10. The molecule has 0 radical (unpaired) electrons. The topological polar surface area (TPSA) is 127 Å². The van der Waals surface area contributed by atoms with Crippen molar-refractivity contribution in [3.63, 3.8) is 0 Å². The van der Waals surface area contributed by atoms with Crippen LogP contribution in [0.4, 0.5) is 0 Å². The van der Waals surface area contributed by atoms with Crippen molar-refractivity contribution in [1.82, 2.24) is 25.2 Å². The van der Waals surface area contributed by atoms with Crippen molar-refractivity contribution in [1.29, 1.82) is 0 Å². The maximum absolute atomic E-state index is 14.2. The molecule has 0 bridgehead atoms. The Morgan fingerprint density at radius 1 is 1.07 bits per heavy atom. The lowest BCUT2D eigenvalue weighted by molar-refractivity contribution is -0.156. The molecule has 210 valence electrons. The number of ether oxygens (including phenoxy) is 1. The Balaban J connectivity index is 1.49. The minimum absolute atomic E-state index is 0.0559. The van der Waals surface area contributed by atoms with Crippen LogP contribution in [0.1, 0.15) is 25.8 Å². The van der Waals surface area contributed by atoms with Gasteiger partial charge in [-0.25, -0.2) is 4.68 Å². The molecule has 6 atom stereocenters. The first-order valence-electron chi connectivity index (χ1n) is 13.9. The first kappa shape index (κ1) is 27.5. The van der Waals surface area contributed by atoms with Gasteiger partial charge in [-0.15, -0.1) is 5.10 Å². The number of esters is 1. The van der Waals surface area contributed by atoms with Gasteiger partial charge in [0.25, 0.3) is 0 Å². The Morgan fingerprint density at radius 3 is 2.55 bits per heavy atom. The molecule has 2 N–H and O–H groups in total. The molecule has 2 heterocycles. The quantitative estimate of drug-likeness (QED) is 0.296. The number of hydrogen-bond donors (Lipinski definition) is 2. The molecule has 10 heteroatoms. The molecule has 2 aromatic carbocycles. The maximum Gasteiger partial charge on any atom is 0.310 e. The molecule has 0 unspecified atom stereocenters. The third-order valence-electron chi connectivity index (χ3n) is 8.09. The molecule has 1 aliphatic carbocycles. The maximum atomic E-state index is 14.2. The van der Waals surface area contributed by atoms with Crippen LogP contribution in [0, 0.1) is 23.7 Å². The second-order valence-corrected chi connectivity index (χ2v) is 10.3. The van der Waals surface area contributed by atoms with Crippen molar-refractivity contribution in [2.45, 2.75) is 45.4 Å². The third kappa shape index (κ3) is 5.11. The minimum Gasteiger partial charge on any atom is -0.466 e. The van der Waals surface area contributed by atoms with E-state index < -0.39 is 35.8 Å². The number of hydrogen-bond acceptors (Lipinski definition) is 7. The lowest BCUT2D eigenvalue weighted by Crippen LogP contribution is -2.53. The fourth-order valence-corrected chi connectivity index (χ4v) is 6.22. The highest BCUT2D eigenvalue weighted by atomic mass is 16.5. The summed E-state index contributed by atoms with van der Waals surface area (Å²) in [5.41, 5.74) is 2.40. The van der Waals surface area contributed by atoms with Gasteiger partial charge in [-0.2, -0.15) is 0 Å². The number of carbonyl (C=O) groups is 3. The van der Waals surface area contributed by atoms with Crippen molar-refractivity contribution in [2.75, 3.05) is 13.2 Å². The van der Waals surface area contributed by atoms with Crippen molar-refractivity contribution in [3.8, 4) is 0 Å². The summed E-state index contributed by atoms with van der Waals surface area (Å²) < 4.78 is 7.00. The van der Waals surface area contributed by atoms with Crippen LogP contribution < -0.4 is 5.32 Å². The van der Waals surface area contributed by atoms with Gasteiger partial charge in [-0.05, 0) is 43.4 Å². The highest BCUT2D eigenvalue weighted by Crippen LogP contribution is 2.46. The first-order valence-corrected chi connectivity index (χ1v) is 13.9. The van der Waals surface area contributed by atoms with Gasteiger partial charge in [0.15, 0.2) is 0 Å². The highest BCUT2D eigenvalue weighted by Gasteiger charge is 2.58. The molecule has 10 nitrogen and oxygen atoms in total. The number of fused-ring (bicyclic) bond motifs is 2. The molecule has 40 heavy (non-hydrogen) atoms. The highest BCUT2D eigenvalue weighted by molar-refractivity contribution is 5.96. The van der Waals surface area contributed by atoms with Crippen molar-refractivity contribution >= 4 is 28.8 Å². The number of para-hydroxylation sites is 1. The summed E-state index contributed by atoms with van der Waals surface area (Å²) in [6.07, 6.45) is 4.86. The van der Waals surface area contributed by atoms with Crippen molar-refractivity contribution in [2.24, 2.45) is 23.7 Å². The predicted molar refractivity (Wildman–Crippen MR) is 147 cm³/mol. The number of aliphatic hydroxyl groups excluding tert-OH is 1. The van der Waals surface area contributed by atoms with Gasteiger partial charge in [0, 0.05) is 5.92 Å². The van der Waals surface area contributed by atoms with Gasteiger partial charge in [-0.1, -0.05) is 66.8 Å². The van der Waals surface area contributed by atoms with Crippen LogP contribution in [-0.4, -0.2) is 68.1 Å². The Kier molecular flexibility index (Phi) is 8.25. The molecule has 2 amide bonds. The average molecular weight is 546 g/mol. The van der Waals surface area contributed by atoms with E-state index in [1.54, 1.807) is 11.6 Å². The minimum atomic E-state index is -0.917. The van der Waals surface area contributed by atoms with Gasteiger partial charge in [0.2, 0.25) is 11.8 Å². The van der Waals surface area contributed by atoms with Gasteiger partial charge >= 0.3 is 5.97 Å². The average Bonchev–Trinajstić information content (AvgIpc) is 3.53. The molecule has 2 aliphatic rings. The van der Waals surface area contributed by atoms with Crippen LogP contribution >= 0.6 is 0 Å². The van der Waals surface area contributed by atoms with E-state index in [1.165, 1.54) is 4.90 Å². The number of nitrogens with zero attached hydrogens (tertiary/aromatic N) is 4. The van der Waals surface area contributed by atoms with Crippen LogP contribution in [0.2, 0.25) is 0 Å². The van der Waals surface area contributed by atoms with E-state index >= 15 is 0 Å². The molecule has 1 fully saturated rings. The smallest absolute Gasteiger partial charge is 0.310 e. The predicted octanol–water partition coefficient (Wildman–Crippen LogP) is 2.33. The molecular weight excluding hydrogens is 510 g/mol. The summed E-state index contributed by atoms with van der Waals surface area (Å²) in [5, 5.41) is 21.7. The van der Waals surface area contributed by atoms with Crippen LogP contribution in [-0.2, 0) is 32.2 Å². The molecule has 1 aromatic heterocycles. The molecule has 1 saturated heterocycles. The zero-order valence-electron chi connectivity index (χ0n) is 22.7. The Bertz CT molecular complexity index is 1390. The number of aliphatic hydroxyl groups is 1. The summed E-state index contributed by atoms with van der Waals surface area (Å²) in [5.74, 6) is -3.33. The van der Waals surface area contributed by atoms with Gasteiger partial charge in [-0.3, -0.25) is 14.4 Å². The third-order valence-corrected chi connectivity index (χ3v) is 8.09. The van der Waals surface area contributed by atoms with Crippen LogP contribution in [0.25, 0.3) is 11.0 Å². The zero-order chi connectivity index (χ0) is 28.2. The number of aromatic nitrogens is 3. The molecule has 0 spiro atoms. The Hall–Kier alpha value is -4.05. The summed E-state index contributed by atoms with van der Waals surface area (Å²) in [7, 11) is 0. The Labute approximate surface area is 233 Å². The van der Waals surface area contributed by atoms with Crippen molar-refractivity contribution < 1.29 is 24.2 Å². The van der Waals surface area contributed by atoms with E-state index in [0.717, 1.165) is 11.1 Å². The lowest BCUT2D eigenvalue weighted by Gasteiger charge is -2.34. The standard InChI is InChI=1S/C30H35N5O5/c1-3-20-14-15-22-26(25(20)30(39)40-4-2)29(38)35(21(17-36)16-19-10-6-5-7-11-19)27(22)28(37)31-18-34-24-13-9-8-12-23(24)32-33-34/h5-15,20-22,25-27,36H,3-4,16-18H2,1-2H3,(H,31,37)/t20-,21-,22+,25-,26+,27+/m1/s1.